The first-order valence-electron chi connectivity index (χ1n) is 10.4. The molecule has 0 aliphatic carbocycles. The summed E-state index contributed by atoms with van der Waals surface area (Å²) in [6.45, 7) is 11.6. The second kappa shape index (κ2) is 11.1. The number of nitrogens with zero attached hydrogens (tertiary/aromatic N) is 2. The van der Waals surface area contributed by atoms with Crippen LogP contribution in [0, 0.1) is 13.8 Å². The number of ether oxygens (including phenoxy) is 1. The van der Waals surface area contributed by atoms with Gasteiger partial charge in [0.2, 0.25) is 15.9 Å². The van der Waals surface area contributed by atoms with Crippen LogP contribution in [-0.4, -0.2) is 75.5 Å². The molecule has 164 valence electrons. The van der Waals surface area contributed by atoms with E-state index >= 15 is 0 Å². The Morgan fingerprint density at radius 1 is 1.21 bits per heavy atom. The van der Waals surface area contributed by atoms with Crippen molar-refractivity contribution in [2.24, 2.45) is 0 Å². The van der Waals surface area contributed by atoms with Crippen LogP contribution in [0.3, 0.4) is 0 Å². The maximum absolute atomic E-state index is 13.3. The first-order valence-corrected chi connectivity index (χ1v) is 11.8. The second-order valence-electron chi connectivity index (χ2n) is 7.83. The van der Waals surface area contributed by atoms with Gasteiger partial charge in [-0.25, -0.2) is 8.42 Å². The summed E-state index contributed by atoms with van der Waals surface area (Å²) >= 11 is 0. The summed E-state index contributed by atoms with van der Waals surface area (Å²) in [4.78, 5) is 14.7. The van der Waals surface area contributed by atoms with Crippen LogP contribution in [0.1, 0.15) is 37.8 Å². The van der Waals surface area contributed by atoms with E-state index in [1.165, 1.54) is 4.31 Å². The predicted molar refractivity (Wildman–Crippen MR) is 114 cm³/mol. The molecule has 1 amide bonds. The van der Waals surface area contributed by atoms with Crippen LogP contribution in [0.4, 0.5) is 0 Å². The molecule has 1 N–H and O–H groups in total. The zero-order valence-corrected chi connectivity index (χ0v) is 18.9. The molecule has 29 heavy (non-hydrogen) atoms. The molecule has 1 saturated heterocycles. The molecule has 1 heterocycles. The minimum absolute atomic E-state index is 0.00533. The van der Waals surface area contributed by atoms with E-state index in [9.17, 15) is 13.2 Å². The van der Waals surface area contributed by atoms with Gasteiger partial charge in [-0.15, -0.1) is 0 Å². The van der Waals surface area contributed by atoms with Gasteiger partial charge in [-0.2, -0.15) is 4.31 Å². The smallest absolute Gasteiger partial charge is 0.243 e. The highest BCUT2D eigenvalue weighted by molar-refractivity contribution is 7.89. The van der Waals surface area contributed by atoms with Crippen molar-refractivity contribution in [3.63, 3.8) is 0 Å². The van der Waals surface area contributed by atoms with Gasteiger partial charge in [-0.05, 0) is 45.7 Å². The maximum Gasteiger partial charge on any atom is 0.243 e. The number of nitrogens with one attached hydrogen (secondary N) is 1. The van der Waals surface area contributed by atoms with Crippen LogP contribution in [0.5, 0.6) is 0 Å². The number of piperazine rings is 1. The minimum Gasteiger partial charge on any atom is -0.379 e. The fourth-order valence-electron chi connectivity index (χ4n) is 3.43. The van der Waals surface area contributed by atoms with E-state index in [2.05, 4.69) is 5.32 Å². The van der Waals surface area contributed by atoms with Crippen LogP contribution >= 0.6 is 0 Å². The summed E-state index contributed by atoms with van der Waals surface area (Å²) < 4.78 is 33.7. The van der Waals surface area contributed by atoms with E-state index in [1.54, 1.807) is 11.0 Å². The molecule has 7 nitrogen and oxygen atoms in total. The molecule has 0 radical (unpaired) electrons. The largest absolute Gasteiger partial charge is 0.379 e. The van der Waals surface area contributed by atoms with Crippen LogP contribution in [0.2, 0.25) is 0 Å². The van der Waals surface area contributed by atoms with Gasteiger partial charge in [-0.3, -0.25) is 4.79 Å². The van der Waals surface area contributed by atoms with Crippen molar-refractivity contribution < 1.29 is 17.9 Å². The Labute approximate surface area is 175 Å². The van der Waals surface area contributed by atoms with Crippen molar-refractivity contribution in [2.45, 2.75) is 51.5 Å². The quantitative estimate of drug-likeness (QED) is 0.580. The molecule has 0 atom stereocenters. The summed E-state index contributed by atoms with van der Waals surface area (Å²) in [7, 11) is -3.68. The normalized spacial score (nSPS) is 15.3. The number of aryl methyl sites for hydroxylation is 2. The van der Waals surface area contributed by atoms with Gasteiger partial charge in [0.25, 0.3) is 0 Å². The first-order chi connectivity index (χ1) is 13.7. The summed E-state index contributed by atoms with van der Waals surface area (Å²) in [5, 5.41) is 3.22. The van der Waals surface area contributed by atoms with Gasteiger partial charge in [-0.1, -0.05) is 17.7 Å². The lowest BCUT2D eigenvalue weighted by molar-refractivity contribution is -0.131. The van der Waals surface area contributed by atoms with Gasteiger partial charge in [0.05, 0.1) is 11.0 Å². The monoisotopic (exact) mass is 425 g/mol. The standard InChI is InChI=1S/C21H35N3O4S/c1-17(2)28-15-5-11-24(12-8-21(25)23-13-9-22-10-14-23)29(26,27)20-7-6-18(3)16-19(20)4/h6-7,16-17,22H,5,8-15H2,1-4H3. The molecule has 1 fully saturated rings. The van der Waals surface area contributed by atoms with Crippen molar-refractivity contribution in [2.75, 3.05) is 45.9 Å². The third-order valence-corrected chi connectivity index (χ3v) is 7.05. The van der Waals surface area contributed by atoms with Crippen LogP contribution < -0.4 is 5.32 Å². The number of hydrogen-bond donors (Lipinski definition) is 1. The van der Waals surface area contributed by atoms with Gasteiger partial charge in [0, 0.05) is 52.3 Å². The van der Waals surface area contributed by atoms with E-state index in [4.69, 9.17) is 4.74 Å². The minimum atomic E-state index is -3.68. The van der Waals surface area contributed by atoms with Crippen LogP contribution in [-0.2, 0) is 19.6 Å². The summed E-state index contributed by atoms with van der Waals surface area (Å²) in [6.07, 6.45) is 0.882. The predicted octanol–water partition coefficient (Wildman–Crippen LogP) is 1.93. The topological polar surface area (TPSA) is 79.0 Å². The van der Waals surface area contributed by atoms with Gasteiger partial charge < -0.3 is 15.0 Å². The number of benzene rings is 1. The van der Waals surface area contributed by atoms with Crippen molar-refractivity contribution >= 4 is 15.9 Å². The molecule has 0 aromatic heterocycles. The number of sulfonamides is 1. The maximum atomic E-state index is 13.3. The second-order valence-corrected chi connectivity index (χ2v) is 9.73. The molecule has 0 unspecified atom stereocenters. The highest BCUT2D eigenvalue weighted by Crippen LogP contribution is 2.22. The molecule has 0 spiro atoms. The average molecular weight is 426 g/mol. The average Bonchev–Trinajstić information content (AvgIpc) is 2.67. The van der Waals surface area contributed by atoms with Gasteiger partial charge in [0.15, 0.2) is 0 Å². The molecule has 0 saturated carbocycles. The molecule has 1 aliphatic heterocycles. The Hall–Kier alpha value is -1.48. The fraction of sp³-hybridized carbons (Fsp3) is 0.667. The summed E-state index contributed by atoms with van der Waals surface area (Å²) in [6, 6.07) is 5.35. The highest BCUT2D eigenvalue weighted by Gasteiger charge is 2.27. The fourth-order valence-corrected chi connectivity index (χ4v) is 5.12. The number of rotatable bonds is 10. The molecule has 8 heteroatoms. The molecular weight excluding hydrogens is 390 g/mol. The van der Waals surface area contributed by atoms with Crippen molar-refractivity contribution in [1.82, 2.24) is 14.5 Å². The lowest BCUT2D eigenvalue weighted by Gasteiger charge is -2.29. The molecule has 1 aromatic rings. The van der Waals surface area contributed by atoms with Crippen molar-refractivity contribution in [3.05, 3.63) is 29.3 Å². The van der Waals surface area contributed by atoms with Crippen molar-refractivity contribution in [1.29, 1.82) is 0 Å². The summed E-state index contributed by atoms with van der Waals surface area (Å²) in [5.74, 6) is 0.00533. The Morgan fingerprint density at radius 3 is 2.52 bits per heavy atom. The number of carbonyl (C=O) groups excluding carboxylic acids is 1. The molecule has 1 aromatic carbocycles. The third-order valence-electron chi connectivity index (χ3n) is 5.00. The van der Waals surface area contributed by atoms with E-state index in [0.29, 0.717) is 37.6 Å². The molecule has 1 aliphatic rings. The number of hydrogen-bond acceptors (Lipinski definition) is 5. The number of amides is 1. The zero-order chi connectivity index (χ0) is 21.4. The molecular formula is C21H35N3O4S. The Bertz CT molecular complexity index is 774. The van der Waals surface area contributed by atoms with Gasteiger partial charge >= 0.3 is 0 Å². The lowest BCUT2D eigenvalue weighted by atomic mass is 10.2. The SMILES string of the molecule is Cc1ccc(S(=O)(=O)N(CCCOC(C)C)CCC(=O)N2CCNCC2)c(C)c1. The van der Waals surface area contributed by atoms with Crippen LogP contribution in [0.25, 0.3) is 0 Å². The zero-order valence-electron chi connectivity index (χ0n) is 18.1. The Morgan fingerprint density at radius 2 is 1.90 bits per heavy atom. The lowest BCUT2D eigenvalue weighted by Crippen LogP contribution is -2.47. The summed E-state index contributed by atoms with van der Waals surface area (Å²) in [5.41, 5.74) is 1.74. The van der Waals surface area contributed by atoms with Crippen LogP contribution in [0.15, 0.2) is 23.1 Å². The Kier molecular flexibility index (Phi) is 9.07. The highest BCUT2D eigenvalue weighted by atomic mass is 32.2. The van der Waals surface area contributed by atoms with E-state index in [0.717, 1.165) is 24.2 Å². The van der Waals surface area contributed by atoms with E-state index in [1.807, 2.05) is 39.8 Å². The third kappa shape index (κ3) is 7.06. The number of carbonyl (C=O) groups is 1. The van der Waals surface area contributed by atoms with Crippen molar-refractivity contribution in [3.8, 4) is 0 Å². The van der Waals surface area contributed by atoms with E-state index < -0.39 is 10.0 Å². The Balaban J connectivity index is 2.11. The van der Waals surface area contributed by atoms with E-state index in [-0.39, 0.29) is 25.0 Å². The van der Waals surface area contributed by atoms with Gasteiger partial charge in [0.1, 0.15) is 0 Å². The molecule has 0 bridgehead atoms. The first kappa shape index (κ1) is 23.8. The molecule has 2 rings (SSSR count).